The minimum absolute atomic E-state index is 0.551. The summed E-state index contributed by atoms with van der Waals surface area (Å²) in [7, 11) is 2.04. The van der Waals surface area contributed by atoms with E-state index < -0.39 is 0 Å². The van der Waals surface area contributed by atoms with E-state index in [0.29, 0.717) is 5.92 Å². The van der Waals surface area contributed by atoms with Gasteiger partial charge < -0.3 is 0 Å². The number of hydrogen-bond donors (Lipinski definition) is 0. The van der Waals surface area contributed by atoms with Crippen LogP contribution in [0.3, 0.4) is 0 Å². The van der Waals surface area contributed by atoms with Gasteiger partial charge in [0.25, 0.3) is 0 Å². The zero-order valence-electron chi connectivity index (χ0n) is 9.95. The molecular weight excluding hydrogens is 184 g/mol. The largest absolute Gasteiger partial charge is 0.272 e. The highest BCUT2D eigenvalue weighted by molar-refractivity contribution is 5.67. The Bertz CT molecular complexity index is 372. The topological polar surface area (TPSA) is 17.8 Å². The lowest BCUT2D eigenvalue weighted by Crippen LogP contribution is -2.03. The maximum atomic E-state index is 4.39. The lowest BCUT2D eigenvalue weighted by Gasteiger charge is -2.15. The van der Waals surface area contributed by atoms with Crippen LogP contribution in [-0.2, 0) is 7.05 Å². The summed E-state index contributed by atoms with van der Waals surface area (Å²) in [6.45, 7) is 4.48. The summed E-state index contributed by atoms with van der Waals surface area (Å²) in [5, 5.41) is 4.39. The van der Waals surface area contributed by atoms with E-state index in [2.05, 4.69) is 25.0 Å². The quantitative estimate of drug-likeness (QED) is 0.721. The predicted molar refractivity (Wildman–Crippen MR) is 63.7 cm³/mol. The SMILES string of the molecule is CC(C)c1c(C2=CCCCC2)cnn1C. The van der Waals surface area contributed by atoms with Crippen LogP contribution in [0.15, 0.2) is 12.3 Å². The summed E-state index contributed by atoms with van der Waals surface area (Å²) in [4.78, 5) is 0. The predicted octanol–water partition coefficient (Wildman–Crippen LogP) is 3.50. The molecule has 82 valence electrons. The Hall–Kier alpha value is -1.05. The Morgan fingerprint density at radius 1 is 1.33 bits per heavy atom. The normalized spacial score (nSPS) is 16.9. The molecule has 15 heavy (non-hydrogen) atoms. The Balaban J connectivity index is 2.39. The molecule has 0 amide bonds. The van der Waals surface area contributed by atoms with Crippen LogP contribution < -0.4 is 0 Å². The Morgan fingerprint density at radius 2 is 2.13 bits per heavy atom. The van der Waals surface area contributed by atoms with E-state index in [1.807, 2.05) is 17.9 Å². The van der Waals surface area contributed by atoms with Crippen molar-refractivity contribution < 1.29 is 0 Å². The number of aromatic nitrogens is 2. The molecule has 0 aromatic carbocycles. The van der Waals surface area contributed by atoms with E-state index in [4.69, 9.17) is 0 Å². The number of allylic oxidation sites excluding steroid dienone is 2. The monoisotopic (exact) mass is 204 g/mol. The summed E-state index contributed by atoms with van der Waals surface area (Å²) in [6.07, 6.45) is 9.57. The van der Waals surface area contributed by atoms with E-state index in [-0.39, 0.29) is 0 Å². The molecule has 1 aliphatic carbocycles. The van der Waals surface area contributed by atoms with E-state index in [9.17, 15) is 0 Å². The van der Waals surface area contributed by atoms with Crippen molar-refractivity contribution in [3.63, 3.8) is 0 Å². The maximum absolute atomic E-state index is 4.39. The lowest BCUT2D eigenvalue weighted by molar-refractivity contribution is 0.666. The minimum atomic E-state index is 0.551. The second-order valence-corrected chi connectivity index (χ2v) is 4.70. The third-order valence-corrected chi connectivity index (χ3v) is 3.17. The molecule has 0 saturated heterocycles. The van der Waals surface area contributed by atoms with Crippen molar-refractivity contribution in [2.75, 3.05) is 0 Å². The van der Waals surface area contributed by atoms with Crippen molar-refractivity contribution in [2.45, 2.75) is 45.4 Å². The highest BCUT2D eigenvalue weighted by Crippen LogP contribution is 2.31. The van der Waals surface area contributed by atoms with Gasteiger partial charge in [0.05, 0.1) is 6.20 Å². The summed E-state index contributed by atoms with van der Waals surface area (Å²) in [5.74, 6) is 0.551. The number of hydrogen-bond acceptors (Lipinski definition) is 1. The van der Waals surface area contributed by atoms with Crippen LogP contribution in [0.25, 0.3) is 5.57 Å². The second-order valence-electron chi connectivity index (χ2n) is 4.70. The molecular formula is C13H20N2. The van der Waals surface area contributed by atoms with Crippen molar-refractivity contribution in [3.8, 4) is 0 Å². The molecule has 2 heteroatoms. The highest BCUT2D eigenvalue weighted by atomic mass is 15.3. The molecule has 2 nitrogen and oxygen atoms in total. The molecule has 0 bridgehead atoms. The van der Waals surface area contributed by atoms with E-state index in [0.717, 1.165) is 0 Å². The molecule has 1 heterocycles. The summed E-state index contributed by atoms with van der Waals surface area (Å²) >= 11 is 0. The first kappa shape index (κ1) is 10.5. The van der Waals surface area contributed by atoms with Crippen LogP contribution in [0.2, 0.25) is 0 Å². The maximum Gasteiger partial charge on any atom is 0.0567 e. The zero-order valence-corrected chi connectivity index (χ0v) is 9.95. The zero-order chi connectivity index (χ0) is 10.8. The van der Waals surface area contributed by atoms with E-state index in [1.165, 1.54) is 42.5 Å². The van der Waals surface area contributed by atoms with Gasteiger partial charge in [-0.05, 0) is 37.2 Å². The third kappa shape index (κ3) is 1.99. The molecule has 1 aromatic rings. The summed E-state index contributed by atoms with van der Waals surface area (Å²) < 4.78 is 2.02. The molecule has 0 unspecified atom stereocenters. The first-order valence-corrected chi connectivity index (χ1v) is 5.91. The van der Waals surface area contributed by atoms with Crippen molar-refractivity contribution in [2.24, 2.45) is 7.05 Å². The Kier molecular flexibility index (Phi) is 2.94. The van der Waals surface area contributed by atoms with Crippen molar-refractivity contribution in [1.82, 2.24) is 9.78 Å². The van der Waals surface area contributed by atoms with Crippen LogP contribution in [0.5, 0.6) is 0 Å². The van der Waals surface area contributed by atoms with Gasteiger partial charge in [0.15, 0.2) is 0 Å². The first-order chi connectivity index (χ1) is 7.20. The molecule has 0 N–H and O–H groups in total. The standard InChI is InChI=1S/C13H20N2/c1-10(2)13-12(9-14-15(13)3)11-7-5-4-6-8-11/h7,9-10H,4-6,8H2,1-3H3. The van der Waals surface area contributed by atoms with Crippen LogP contribution in [0.1, 0.15) is 56.7 Å². The van der Waals surface area contributed by atoms with Crippen LogP contribution in [0.4, 0.5) is 0 Å². The summed E-state index contributed by atoms with van der Waals surface area (Å²) in [6, 6.07) is 0. The van der Waals surface area contributed by atoms with Gasteiger partial charge in [-0.15, -0.1) is 0 Å². The number of aryl methyl sites for hydroxylation is 1. The molecule has 0 atom stereocenters. The van der Waals surface area contributed by atoms with Crippen LogP contribution in [-0.4, -0.2) is 9.78 Å². The van der Waals surface area contributed by atoms with Crippen molar-refractivity contribution >= 4 is 5.57 Å². The molecule has 0 spiro atoms. The molecule has 1 aromatic heterocycles. The smallest absolute Gasteiger partial charge is 0.0567 e. The first-order valence-electron chi connectivity index (χ1n) is 5.91. The average Bonchev–Trinajstić information content (AvgIpc) is 2.61. The van der Waals surface area contributed by atoms with Gasteiger partial charge in [-0.2, -0.15) is 5.10 Å². The second kappa shape index (κ2) is 4.21. The Labute approximate surface area is 92.0 Å². The third-order valence-electron chi connectivity index (χ3n) is 3.17. The van der Waals surface area contributed by atoms with Gasteiger partial charge in [-0.25, -0.2) is 0 Å². The summed E-state index contributed by atoms with van der Waals surface area (Å²) in [5.41, 5.74) is 4.27. The molecule has 0 fully saturated rings. The van der Waals surface area contributed by atoms with Crippen molar-refractivity contribution in [1.29, 1.82) is 0 Å². The molecule has 0 aliphatic heterocycles. The molecule has 0 saturated carbocycles. The fourth-order valence-corrected chi connectivity index (χ4v) is 2.46. The molecule has 2 rings (SSSR count). The van der Waals surface area contributed by atoms with E-state index in [1.54, 1.807) is 0 Å². The lowest BCUT2D eigenvalue weighted by atomic mass is 9.91. The van der Waals surface area contributed by atoms with Gasteiger partial charge in [0, 0.05) is 18.3 Å². The van der Waals surface area contributed by atoms with Gasteiger partial charge in [0.2, 0.25) is 0 Å². The minimum Gasteiger partial charge on any atom is -0.272 e. The van der Waals surface area contributed by atoms with Gasteiger partial charge in [-0.3, -0.25) is 4.68 Å². The van der Waals surface area contributed by atoms with Gasteiger partial charge in [0.1, 0.15) is 0 Å². The fraction of sp³-hybridized carbons (Fsp3) is 0.615. The number of rotatable bonds is 2. The van der Waals surface area contributed by atoms with Crippen molar-refractivity contribution in [3.05, 3.63) is 23.5 Å². The fourth-order valence-electron chi connectivity index (χ4n) is 2.46. The van der Waals surface area contributed by atoms with Gasteiger partial charge in [-0.1, -0.05) is 19.9 Å². The van der Waals surface area contributed by atoms with E-state index >= 15 is 0 Å². The van der Waals surface area contributed by atoms with Crippen LogP contribution >= 0.6 is 0 Å². The Morgan fingerprint density at radius 3 is 2.73 bits per heavy atom. The average molecular weight is 204 g/mol. The van der Waals surface area contributed by atoms with Gasteiger partial charge >= 0.3 is 0 Å². The van der Waals surface area contributed by atoms with Crippen LogP contribution in [0, 0.1) is 0 Å². The highest BCUT2D eigenvalue weighted by Gasteiger charge is 2.16. The number of nitrogens with zero attached hydrogens (tertiary/aromatic N) is 2. The molecule has 1 aliphatic rings. The molecule has 0 radical (unpaired) electrons.